The molecule has 0 radical (unpaired) electrons. The van der Waals surface area contributed by atoms with Crippen LogP contribution in [0.25, 0.3) is 0 Å². The van der Waals surface area contributed by atoms with E-state index >= 15 is 0 Å². The maximum atomic E-state index is 5.35. The number of terminal acetylenes is 1. The van der Waals surface area contributed by atoms with E-state index in [1.807, 2.05) is 14.1 Å². The van der Waals surface area contributed by atoms with Crippen molar-refractivity contribution in [3.63, 3.8) is 0 Å². The van der Waals surface area contributed by atoms with E-state index in [2.05, 4.69) is 5.92 Å². The highest BCUT2D eigenvalue weighted by molar-refractivity contribution is 8.08. The summed E-state index contributed by atoms with van der Waals surface area (Å²) in [7, 11) is 3.67. The molecule has 0 spiro atoms. The smallest absolute Gasteiger partial charge is 0.264 e. The number of rotatable bonds is 1. The fourth-order valence-corrected chi connectivity index (χ4v) is 2.41. The molecule has 2 atom stereocenters. The Labute approximate surface area is 71.9 Å². The molecule has 0 aliphatic carbocycles. The van der Waals surface area contributed by atoms with Gasteiger partial charge >= 0.3 is 0 Å². The average Bonchev–Trinajstić information content (AvgIpc) is 2.33. The summed E-state index contributed by atoms with van der Waals surface area (Å²) >= 11 is 5.13. The molecular weight excluding hydrogens is 181 g/mol. The summed E-state index contributed by atoms with van der Waals surface area (Å²) in [5, 5.41) is 0. The average molecular weight is 191 g/mol. The van der Waals surface area contributed by atoms with E-state index in [0.717, 1.165) is 0 Å². The van der Waals surface area contributed by atoms with E-state index in [9.17, 15) is 0 Å². The molecule has 5 heteroatoms. The Hall–Kier alpha value is 0.0900. The van der Waals surface area contributed by atoms with E-state index in [4.69, 9.17) is 27.3 Å². The molecule has 62 valence electrons. The van der Waals surface area contributed by atoms with Gasteiger partial charge in [0.05, 0.1) is 6.61 Å². The molecular formula is C6H10NO2PS. The molecule has 0 amide bonds. The van der Waals surface area contributed by atoms with Gasteiger partial charge in [-0.1, -0.05) is 5.92 Å². The molecule has 0 aromatic rings. The van der Waals surface area contributed by atoms with E-state index in [0.29, 0.717) is 6.61 Å². The third-order valence-corrected chi connectivity index (χ3v) is 4.86. The number of hydrogen-bond acceptors (Lipinski definition) is 3. The lowest BCUT2D eigenvalue weighted by Crippen LogP contribution is -2.09. The summed E-state index contributed by atoms with van der Waals surface area (Å²) in [6.45, 7) is -1.77. The van der Waals surface area contributed by atoms with Gasteiger partial charge in [0.2, 0.25) is 0 Å². The molecule has 1 aliphatic heterocycles. The number of hydrogen-bond donors (Lipinski definition) is 0. The highest BCUT2D eigenvalue weighted by Crippen LogP contribution is 2.55. The second-order valence-electron chi connectivity index (χ2n) is 2.37. The van der Waals surface area contributed by atoms with Gasteiger partial charge in [-0.15, -0.1) is 6.42 Å². The molecule has 0 aromatic carbocycles. The minimum absolute atomic E-state index is 0.261. The molecule has 0 N–H and O–H groups in total. The van der Waals surface area contributed by atoms with Crippen molar-refractivity contribution in [3.05, 3.63) is 0 Å². The lowest BCUT2D eigenvalue weighted by molar-refractivity contribution is 0.299. The SMILES string of the molecule is C#CC1COP(=S)(N(C)C)O1. The second-order valence-corrected chi connectivity index (χ2v) is 5.96. The van der Waals surface area contributed by atoms with Gasteiger partial charge in [-0.05, 0) is 25.9 Å². The Balaban J connectivity index is 2.67. The highest BCUT2D eigenvalue weighted by atomic mass is 32.5. The zero-order chi connectivity index (χ0) is 8.48. The van der Waals surface area contributed by atoms with Crippen LogP contribution in [0.1, 0.15) is 0 Å². The molecule has 0 bridgehead atoms. The third kappa shape index (κ3) is 1.81. The zero-order valence-corrected chi connectivity index (χ0v) is 8.19. The molecule has 0 aromatic heterocycles. The van der Waals surface area contributed by atoms with Crippen molar-refractivity contribution in [1.29, 1.82) is 0 Å². The first kappa shape index (κ1) is 9.18. The van der Waals surface area contributed by atoms with Gasteiger partial charge < -0.3 is 4.52 Å². The minimum atomic E-state index is -2.19. The van der Waals surface area contributed by atoms with Gasteiger partial charge in [0, 0.05) is 0 Å². The van der Waals surface area contributed by atoms with Gasteiger partial charge in [-0.3, -0.25) is 4.52 Å². The van der Waals surface area contributed by atoms with Crippen LogP contribution in [0, 0.1) is 12.3 Å². The molecule has 3 nitrogen and oxygen atoms in total. The predicted octanol–water partition coefficient (Wildman–Crippen LogP) is 0.821. The maximum Gasteiger partial charge on any atom is 0.264 e. The van der Waals surface area contributed by atoms with Gasteiger partial charge in [-0.25, -0.2) is 4.67 Å². The normalized spacial score (nSPS) is 37.5. The maximum absolute atomic E-state index is 5.35. The van der Waals surface area contributed by atoms with E-state index in [1.165, 1.54) is 0 Å². The summed E-state index contributed by atoms with van der Waals surface area (Å²) in [6.07, 6.45) is 4.89. The van der Waals surface area contributed by atoms with Gasteiger partial charge in [0.1, 0.15) is 6.10 Å². The van der Waals surface area contributed by atoms with Gasteiger partial charge in [0.25, 0.3) is 6.64 Å². The second kappa shape index (κ2) is 3.22. The Morgan fingerprint density at radius 1 is 1.73 bits per heavy atom. The Morgan fingerprint density at radius 3 is 2.64 bits per heavy atom. The molecule has 1 saturated heterocycles. The standard InChI is InChI=1S/C6H10NO2PS/c1-4-6-5-8-10(11,9-6)7(2)3/h1,6H,5H2,2-3H3. The first-order valence-electron chi connectivity index (χ1n) is 3.15. The Morgan fingerprint density at radius 2 is 2.36 bits per heavy atom. The van der Waals surface area contributed by atoms with Crippen molar-refractivity contribution < 1.29 is 9.05 Å². The largest absolute Gasteiger partial charge is 0.314 e. The quantitative estimate of drug-likeness (QED) is 0.452. The van der Waals surface area contributed by atoms with Crippen molar-refractivity contribution in [2.75, 3.05) is 20.7 Å². The molecule has 1 fully saturated rings. The summed E-state index contributed by atoms with van der Waals surface area (Å²) in [6, 6.07) is 0. The molecule has 1 aliphatic rings. The first-order chi connectivity index (χ1) is 5.08. The summed E-state index contributed by atoms with van der Waals surface area (Å²) < 4.78 is 12.4. The van der Waals surface area contributed by atoms with Crippen molar-refractivity contribution in [3.8, 4) is 12.3 Å². The van der Waals surface area contributed by atoms with Gasteiger partial charge in [-0.2, -0.15) is 0 Å². The van der Waals surface area contributed by atoms with Gasteiger partial charge in [0.15, 0.2) is 0 Å². The lowest BCUT2D eigenvalue weighted by atomic mass is 10.4. The molecule has 11 heavy (non-hydrogen) atoms. The summed E-state index contributed by atoms with van der Waals surface area (Å²) in [5.41, 5.74) is 0. The van der Waals surface area contributed by atoms with Crippen LogP contribution in [0.15, 0.2) is 0 Å². The number of nitrogens with zero attached hydrogens (tertiary/aromatic N) is 1. The van der Waals surface area contributed by atoms with Crippen LogP contribution in [0.4, 0.5) is 0 Å². The van der Waals surface area contributed by atoms with Crippen LogP contribution in [0.2, 0.25) is 0 Å². The minimum Gasteiger partial charge on any atom is -0.314 e. The monoisotopic (exact) mass is 191 g/mol. The summed E-state index contributed by atoms with van der Waals surface area (Å²) in [5.74, 6) is 2.46. The predicted molar refractivity (Wildman–Crippen MR) is 47.6 cm³/mol. The first-order valence-corrected chi connectivity index (χ1v) is 5.74. The molecule has 1 heterocycles. The Bertz CT molecular complexity index is 235. The fraction of sp³-hybridized carbons (Fsp3) is 0.667. The molecule has 0 saturated carbocycles. The topological polar surface area (TPSA) is 21.7 Å². The zero-order valence-electron chi connectivity index (χ0n) is 6.48. The summed E-state index contributed by atoms with van der Waals surface area (Å²) in [4.78, 5) is 0. The van der Waals surface area contributed by atoms with E-state index in [-0.39, 0.29) is 6.10 Å². The van der Waals surface area contributed by atoms with Crippen molar-refractivity contribution in [1.82, 2.24) is 4.67 Å². The van der Waals surface area contributed by atoms with E-state index < -0.39 is 6.64 Å². The highest BCUT2D eigenvalue weighted by Gasteiger charge is 2.33. The van der Waals surface area contributed by atoms with Crippen molar-refractivity contribution >= 4 is 18.4 Å². The molecule has 1 rings (SSSR count). The lowest BCUT2D eigenvalue weighted by Gasteiger charge is -2.20. The van der Waals surface area contributed by atoms with Crippen LogP contribution >= 0.6 is 6.64 Å². The Kier molecular flexibility index (Phi) is 2.69. The van der Waals surface area contributed by atoms with Crippen molar-refractivity contribution in [2.45, 2.75) is 6.10 Å². The van der Waals surface area contributed by atoms with Crippen molar-refractivity contribution in [2.24, 2.45) is 0 Å². The van der Waals surface area contributed by atoms with Crippen LogP contribution in [0.5, 0.6) is 0 Å². The van der Waals surface area contributed by atoms with Crippen LogP contribution in [-0.2, 0) is 20.9 Å². The van der Waals surface area contributed by atoms with E-state index in [1.54, 1.807) is 4.67 Å². The third-order valence-electron chi connectivity index (χ3n) is 1.33. The van der Waals surface area contributed by atoms with Crippen LogP contribution in [-0.4, -0.2) is 31.5 Å². The van der Waals surface area contributed by atoms with Crippen LogP contribution < -0.4 is 0 Å². The van der Waals surface area contributed by atoms with Crippen LogP contribution in [0.3, 0.4) is 0 Å². The fourth-order valence-electron chi connectivity index (χ4n) is 0.672. The molecule has 2 unspecified atom stereocenters.